The molecule has 1 aliphatic carbocycles. The third-order valence-electron chi connectivity index (χ3n) is 4.38. The fourth-order valence-corrected chi connectivity index (χ4v) is 3.75. The number of rotatable bonds is 3. The third kappa shape index (κ3) is 3.57. The second kappa shape index (κ2) is 7.08. The van der Waals surface area contributed by atoms with E-state index in [1.54, 1.807) is 17.4 Å². The van der Waals surface area contributed by atoms with Gasteiger partial charge in [-0.2, -0.15) is 11.3 Å². The Hall–Kier alpha value is -2.65. The lowest BCUT2D eigenvalue weighted by Crippen LogP contribution is -2.07. The van der Waals surface area contributed by atoms with Gasteiger partial charge in [-0.05, 0) is 58.5 Å². The Labute approximate surface area is 151 Å². The van der Waals surface area contributed by atoms with Gasteiger partial charge in [-0.25, -0.2) is 0 Å². The first-order chi connectivity index (χ1) is 12.3. The molecule has 0 fully saturated rings. The predicted octanol–water partition coefficient (Wildman–Crippen LogP) is 5.74. The lowest BCUT2D eigenvalue weighted by atomic mass is 9.96. The Balaban J connectivity index is 1.64. The third-order valence-corrected chi connectivity index (χ3v) is 5.06. The lowest BCUT2D eigenvalue weighted by molar-refractivity contribution is -0.114. The molecule has 1 aromatic heterocycles. The number of hydrogen-bond donors (Lipinski definition) is 0. The molecule has 4 rings (SSSR count). The van der Waals surface area contributed by atoms with E-state index in [1.165, 1.54) is 11.1 Å². The molecule has 0 atom stereocenters. The van der Waals surface area contributed by atoms with Gasteiger partial charge in [-0.3, -0.25) is 4.79 Å². The van der Waals surface area contributed by atoms with Gasteiger partial charge in [0.2, 0.25) is 0 Å². The maximum absolute atomic E-state index is 12.1. The molecular weight excluding hydrogens is 328 g/mol. The number of allylic oxidation sites excluding steroid dienone is 1. The minimum Gasteiger partial charge on any atom is -0.457 e. The molecule has 2 aromatic carbocycles. The van der Waals surface area contributed by atoms with Crippen molar-refractivity contribution < 1.29 is 9.53 Å². The van der Waals surface area contributed by atoms with Crippen molar-refractivity contribution in [3.63, 3.8) is 0 Å². The number of ether oxygens (including phenoxy) is 1. The normalized spacial score (nSPS) is 14.2. The van der Waals surface area contributed by atoms with Crippen LogP contribution in [0.1, 0.15) is 24.0 Å². The van der Waals surface area contributed by atoms with Gasteiger partial charge in [-0.1, -0.05) is 36.4 Å². The molecule has 124 valence electrons. The maximum Gasteiger partial charge on any atom is 0.159 e. The van der Waals surface area contributed by atoms with Crippen LogP contribution in [0.25, 0.3) is 16.9 Å². The van der Waals surface area contributed by atoms with E-state index in [4.69, 9.17) is 4.74 Å². The molecule has 0 unspecified atom stereocenters. The highest BCUT2D eigenvalue weighted by Gasteiger charge is 2.15. The van der Waals surface area contributed by atoms with Crippen LogP contribution in [-0.4, -0.2) is 5.78 Å². The largest absolute Gasteiger partial charge is 0.457 e. The Kier molecular flexibility index (Phi) is 4.49. The average molecular weight is 346 g/mol. The summed E-state index contributed by atoms with van der Waals surface area (Å²) in [6.07, 6.45) is 4.00. The zero-order valence-corrected chi connectivity index (χ0v) is 14.6. The highest BCUT2D eigenvalue weighted by Crippen LogP contribution is 2.29. The predicted molar refractivity (Wildman–Crippen MR) is 103 cm³/mol. The zero-order valence-electron chi connectivity index (χ0n) is 13.8. The van der Waals surface area contributed by atoms with E-state index >= 15 is 0 Å². The van der Waals surface area contributed by atoms with Gasteiger partial charge in [-0.15, -0.1) is 0 Å². The molecule has 2 nitrogen and oxygen atoms in total. The number of ketones is 1. The number of carbonyl (C=O) groups excluding carboxylic acids is 1. The van der Waals surface area contributed by atoms with Gasteiger partial charge in [0.05, 0.1) is 0 Å². The summed E-state index contributed by atoms with van der Waals surface area (Å²) in [5, 5.41) is 4.20. The second-order valence-corrected chi connectivity index (χ2v) is 6.90. The molecule has 0 spiro atoms. The molecule has 1 heterocycles. The summed E-state index contributed by atoms with van der Waals surface area (Å²) in [6, 6.07) is 18.3. The standard InChI is InChI=1S/C22H18O2S/c23-19-6-3-5-17-4-1-2-7-21(17)22(14-19)24-20-10-8-16(9-11-20)18-12-13-25-15-18/h1-2,4,7-15H,3,5-6H2. The highest BCUT2D eigenvalue weighted by molar-refractivity contribution is 7.08. The smallest absolute Gasteiger partial charge is 0.159 e. The van der Waals surface area contributed by atoms with Crippen LogP contribution in [0, 0.1) is 0 Å². The molecule has 0 bridgehead atoms. The quantitative estimate of drug-likeness (QED) is 0.604. The molecule has 0 amide bonds. The summed E-state index contributed by atoms with van der Waals surface area (Å²) < 4.78 is 6.10. The van der Waals surface area contributed by atoms with E-state index in [-0.39, 0.29) is 5.78 Å². The Bertz CT molecular complexity index is 905. The van der Waals surface area contributed by atoms with E-state index in [9.17, 15) is 4.79 Å². The number of hydrogen-bond acceptors (Lipinski definition) is 3. The number of thiophene rings is 1. The van der Waals surface area contributed by atoms with E-state index in [1.807, 2.05) is 30.3 Å². The number of benzene rings is 2. The van der Waals surface area contributed by atoms with Crippen LogP contribution in [0.15, 0.2) is 71.4 Å². The molecular formula is C22H18O2S. The van der Waals surface area contributed by atoms with Crippen molar-refractivity contribution in [2.75, 3.05) is 0 Å². The monoisotopic (exact) mass is 346 g/mol. The molecule has 0 aliphatic heterocycles. The van der Waals surface area contributed by atoms with Crippen LogP contribution in [-0.2, 0) is 11.2 Å². The molecule has 3 heteroatoms. The van der Waals surface area contributed by atoms with Crippen LogP contribution in [0.4, 0.5) is 0 Å². The molecule has 3 aromatic rings. The van der Waals surface area contributed by atoms with Crippen LogP contribution in [0.2, 0.25) is 0 Å². The summed E-state index contributed by atoms with van der Waals surface area (Å²) >= 11 is 1.69. The van der Waals surface area contributed by atoms with E-state index in [0.717, 1.165) is 29.7 Å². The highest BCUT2D eigenvalue weighted by atomic mass is 32.1. The lowest BCUT2D eigenvalue weighted by Gasteiger charge is -2.16. The summed E-state index contributed by atoms with van der Waals surface area (Å²) in [7, 11) is 0. The average Bonchev–Trinajstić information content (AvgIpc) is 3.15. The van der Waals surface area contributed by atoms with E-state index < -0.39 is 0 Å². The maximum atomic E-state index is 12.1. The van der Waals surface area contributed by atoms with Crippen LogP contribution in [0.3, 0.4) is 0 Å². The van der Waals surface area contributed by atoms with Gasteiger partial charge < -0.3 is 4.74 Å². The van der Waals surface area contributed by atoms with Gasteiger partial charge in [0.1, 0.15) is 11.5 Å². The van der Waals surface area contributed by atoms with Crippen molar-refractivity contribution in [2.24, 2.45) is 0 Å². The number of carbonyl (C=O) groups is 1. The van der Waals surface area contributed by atoms with Crippen molar-refractivity contribution in [3.05, 3.63) is 82.6 Å². The van der Waals surface area contributed by atoms with Crippen LogP contribution < -0.4 is 4.74 Å². The van der Waals surface area contributed by atoms with Crippen molar-refractivity contribution in [2.45, 2.75) is 19.3 Å². The number of aryl methyl sites for hydroxylation is 1. The van der Waals surface area contributed by atoms with E-state index in [2.05, 4.69) is 35.0 Å². The first-order valence-corrected chi connectivity index (χ1v) is 9.37. The molecule has 0 saturated carbocycles. The summed E-state index contributed by atoms with van der Waals surface area (Å²) in [6.45, 7) is 0. The molecule has 0 N–H and O–H groups in total. The van der Waals surface area contributed by atoms with Crippen molar-refractivity contribution >= 4 is 22.9 Å². The van der Waals surface area contributed by atoms with Crippen LogP contribution in [0.5, 0.6) is 5.75 Å². The Morgan fingerprint density at radius 1 is 0.880 bits per heavy atom. The fraction of sp³-hybridized carbons (Fsp3) is 0.136. The van der Waals surface area contributed by atoms with Crippen LogP contribution >= 0.6 is 11.3 Å². The first-order valence-electron chi connectivity index (χ1n) is 8.43. The van der Waals surface area contributed by atoms with Crippen molar-refractivity contribution in [1.82, 2.24) is 0 Å². The minimum atomic E-state index is 0.124. The topological polar surface area (TPSA) is 26.3 Å². The molecule has 25 heavy (non-hydrogen) atoms. The Morgan fingerprint density at radius 2 is 1.72 bits per heavy atom. The summed E-state index contributed by atoms with van der Waals surface area (Å²) in [4.78, 5) is 12.1. The first kappa shape index (κ1) is 15.9. The number of fused-ring (bicyclic) bond motifs is 1. The zero-order chi connectivity index (χ0) is 17.1. The Morgan fingerprint density at radius 3 is 2.52 bits per heavy atom. The molecule has 1 aliphatic rings. The minimum absolute atomic E-state index is 0.124. The van der Waals surface area contributed by atoms with Gasteiger partial charge in [0, 0.05) is 18.1 Å². The fourth-order valence-electron chi connectivity index (χ4n) is 3.08. The molecule has 0 saturated heterocycles. The molecule has 0 radical (unpaired) electrons. The van der Waals surface area contributed by atoms with Gasteiger partial charge in [0.15, 0.2) is 5.78 Å². The van der Waals surface area contributed by atoms with Gasteiger partial charge in [0.25, 0.3) is 0 Å². The van der Waals surface area contributed by atoms with E-state index in [0.29, 0.717) is 12.2 Å². The summed E-state index contributed by atoms with van der Waals surface area (Å²) in [5.74, 6) is 1.51. The van der Waals surface area contributed by atoms with Crippen molar-refractivity contribution in [3.8, 4) is 16.9 Å². The second-order valence-electron chi connectivity index (χ2n) is 6.12. The SMILES string of the molecule is O=C1C=C(Oc2ccc(-c3ccsc3)cc2)c2ccccc2CCC1. The summed E-state index contributed by atoms with van der Waals surface area (Å²) in [5.41, 5.74) is 4.62. The van der Waals surface area contributed by atoms with Gasteiger partial charge >= 0.3 is 0 Å². The van der Waals surface area contributed by atoms with Crippen molar-refractivity contribution in [1.29, 1.82) is 0 Å².